The first-order valence-corrected chi connectivity index (χ1v) is 7.26. The van der Waals surface area contributed by atoms with Crippen molar-refractivity contribution in [3.8, 4) is 5.88 Å². The lowest BCUT2D eigenvalue weighted by atomic mass is 10.1. The molecule has 0 radical (unpaired) electrons. The number of carbonyl (C=O) groups is 1. The quantitative estimate of drug-likeness (QED) is 0.770. The number of ether oxygens (including phenoxy) is 1. The van der Waals surface area contributed by atoms with E-state index in [1.165, 1.54) is 7.11 Å². The molecule has 2 aromatic heterocycles. The molecule has 5 nitrogen and oxygen atoms in total. The van der Waals surface area contributed by atoms with Crippen LogP contribution in [0, 0.1) is 0 Å². The van der Waals surface area contributed by atoms with E-state index in [4.69, 9.17) is 16.3 Å². The highest BCUT2D eigenvalue weighted by Gasteiger charge is 2.20. The van der Waals surface area contributed by atoms with Crippen molar-refractivity contribution in [2.24, 2.45) is 0 Å². The van der Waals surface area contributed by atoms with Gasteiger partial charge in [-0.25, -0.2) is 4.98 Å². The topological polar surface area (TPSA) is 57.0 Å². The van der Waals surface area contributed by atoms with E-state index < -0.39 is 0 Å². The minimum Gasteiger partial charge on any atom is -0.480 e. The summed E-state index contributed by atoms with van der Waals surface area (Å²) in [4.78, 5) is 16.5. The molecular weight excluding hydrogens is 290 g/mol. The lowest BCUT2D eigenvalue weighted by Crippen LogP contribution is -2.11. The Bertz CT molecular complexity index is 652. The number of hydrogen-bond donors (Lipinski definition) is 0. The second kappa shape index (κ2) is 6.72. The van der Waals surface area contributed by atoms with E-state index in [0.29, 0.717) is 23.0 Å². The van der Waals surface area contributed by atoms with Crippen LogP contribution < -0.4 is 4.74 Å². The normalized spacial score (nSPS) is 10.7. The highest BCUT2D eigenvalue weighted by molar-refractivity contribution is 6.32. The second-order valence-corrected chi connectivity index (χ2v) is 4.91. The number of rotatable bonds is 6. The van der Waals surface area contributed by atoms with Crippen molar-refractivity contribution in [2.45, 2.75) is 33.2 Å². The molecule has 21 heavy (non-hydrogen) atoms. The fraction of sp³-hybridized carbons (Fsp3) is 0.400. The molecule has 0 unspecified atom stereocenters. The van der Waals surface area contributed by atoms with Crippen LogP contribution in [-0.4, -0.2) is 27.7 Å². The Morgan fingerprint density at radius 2 is 2.19 bits per heavy atom. The summed E-state index contributed by atoms with van der Waals surface area (Å²) >= 11 is 6.33. The van der Waals surface area contributed by atoms with Gasteiger partial charge in [-0.1, -0.05) is 18.5 Å². The number of hydrogen-bond acceptors (Lipinski definition) is 4. The van der Waals surface area contributed by atoms with Gasteiger partial charge in [0.1, 0.15) is 0 Å². The van der Waals surface area contributed by atoms with Gasteiger partial charge in [-0.15, -0.1) is 0 Å². The Morgan fingerprint density at radius 1 is 1.43 bits per heavy atom. The maximum Gasteiger partial charge on any atom is 0.224 e. The summed E-state index contributed by atoms with van der Waals surface area (Å²) in [6.07, 6.45) is 2.51. The molecule has 0 aliphatic heterocycles. The van der Waals surface area contributed by atoms with Gasteiger partial charge < -0.3 is 4.74 Å². The molecule has 0 atom stereocenters. The van der Waals surface area contributed by atoms with Gasteiger partial charge >= 0.3 is 0 Å². The fourth-order valence-corrected chi connectivity index (χ4v) is 2.53. The number of pyridine rings is 1. The summed E-state index contributed by atoms with van der Waals surface area (Å²) < 4.78 is 6.91. The van der Waals surface area contributed by atoms with Gasteiger partial charge in [-0.2, -0.15) is 5.10 Å². The zero-order valence-electron chi connectivity index (χ0n) is 12.4. The second-order valence-electron chi connectivity index (χ2n) is 4.54. The first-order valence-electron chi connectivity index (χ1n) is 6.88. The lowest BCUT2D eigenvalue weighted by molar-refractivity contribution is 0.0987. The first-order chi connectivity index (χ1) is 10.1. The molecule has 0 saturated carbocycles. The third kappa shape index (κ3) is 3.08. The molecule has 0 aliphatic rings. The Morgan fingerprint density at radius 3 is 2.81 bits per heavy atom. The highest BCUT2D eigenvalue weighted by Crippen LogP contribution is 2.24. The van der Waals surface area contributed by atoms with Crippen LogP contribution in [0.2, 0.25) is 5.02 Å². The zero-order chi connectivity index (χ0) is 15.4. The van der Waals surface area contributed by atoms with Crippen LogP contribution >= 0.6 is 11.6 Å². The van der Waals surface area contributed by atoms with E-state index in [-0.39, 0.29) is 12.2 Å². The number of methoxy groups -OCH3 is 1. The Kier molecular flexibility index (Phi) is 4.96. The number of aromatic nitrogens is 3. The zero-order valence-corrected chi connectivity index (χ0v) is 13.1. The SMILES string of the molecule is CCc1nn(CC)c(CC(=O)c2cccnc2OC)c1Cl. The van der Waals surface area contributed by atoms with E-state index in [0.717, 1.165) is 17.8 Å². The smallest absolute Gasteiger partial charge is 0.224 e. The van der Waals surface area contributed by atoms with Gasteiger partial charge in [0.05, 0.1) is 35.5 Å². The largest absolute Gasteiger partial charge is 0.480 e. The van der Waals surface area contributed by atoms with Gasteiger partial charge in [0.2, 0.25) is 5.88 Å². The predicted molar refractivity (Wildman–Crippen MR) is 81.1 cm³/mol. The lowest BCUT2D eigenvalue weighted by Gasteiger charge is -2.07. The van der Waals surface area contributed by atoms with Crippen molar-refractivity contribution in [1.82, 2.24) is 14.8 Å². The Balaban J connectivity index is 2.33. The minimum absolute atomic E-state index is 0.0842. The molecule has 0 aromatic carbocycles. The molecule has 0 amide bonds. The molecule has 0 saturated heterocycles. The van der Waals surface area contributed by atoms with Gasteiger partial charge in [0.25, 0.3) is 0 Å². The van der Waals surface area contributed by atoms with Gasteiger partial charge in [-0.3, -0.25) is 9.48 Å². The van der Waals surface area contributed by atoms with Crippen molar-refractivity contribution < 1.29 is 9.53 Å². The number of aryl methyl sites for hydroxylation is 2. The summed E-state index contributed by atoms with van der Waals surface area (Å²) in [5.74, 6) is 0.246. The average molecular weight is 308 g/mol. The summed E-state index contributed by atoms with van der Waals surface area (Å²) in [6.45, 7) is 4.64. The van der Waals surface area contributed by atoms with Crippen LogP contribution in [0.3, 0.4) is 0 Å². The molecule has 0 bridgehead atoms. The van der Waals surface area contributed by atoms with Gasteiger partial charge in [0.15, 0.2) is 5.78 Å². The van der Waals surface area contributed by atoms with E-state index in [2.05, 4.69) is 10.1 Å². The highest BCUT2D eigenvalue weighted by atomic mass is 35.5. The molecule has 0 N–H and O–H groups in total. The van der Waals surface area contributed by atoms with Crippen molar-refractivity contribution >= 4 is 17.4 Å². The molecule has 2 heterocycles. The number of carbonyl (C=O) groups excluding carboxylic acids is 1. The summed E-state index contributed by atoms with van der Waals surface area (Å²) in [5.41, 5.74) is 2.02. The minimum atomic E-state index is -0.0842. The molecule has 0 spiro atoms. The van der Waals surface area contributed by atoms with E-state index >= 15 is 0 Å². The number of Topliss-reactive ketones (excluding diaryl/α,β-unsaturated/α-hetero) is 1. The standard InChI is InChI=1S/C15H18ClN3O2/c1-4-11-14(16)12(19(5-2)18-11)9-13(20)10-7-6-8-17-15(10)21-3/h6-8H,4-5,9H2,1-3H3. The molecule has 112 valence electrons. The van der Waals surface area contributed by atoms with Crippen LogP contribution in [-0.2, 0) is 19.4 Å². The van der Waals surface area contributed by atoms with Gasteiger partial charge in [-0.05, 0) is 25.5 Å². The van der Waals surface area contributed by atoms with Crippen molar-refractivity contribution in [3.63, 3.8) is 0 Å². The molecule has 0 fully saturated rings. The third-order valence-electron chi connectivity index (χ3n) is 3.29. The first kappa shape index (κ1) is 15.5. The fourth-order valence-electron chi connectivity index (χ4n) is 2.20. The van der Waals surface area contributed by atoms with Crippen LogP contribution in [0.15, 0.2) is 18.3 Å². The molecule has 2 aromatic rings. The Labute approximate surface area is 128 Å². The van der Waals surface area contributed by atoms with Crippen molar-refractivity contribution in [1.29, 1.82) is 0 Å². The molecule has 0 aliphatic carbocycles. The Hall–Kier alpha value is -1.88. The monoisotopic (exact) mass is 307 g/mol. The van der Waals surface area contributed by atoms with Crippen LogP contribution in [0.25, 0.3) is 0 Å². The summed E-state index contributed by atoms with van der Waals surface area (Å²) in [6, 6.07) is 3.42. The van der Waals surface area contributed by atoms with Gasteiger partial charge in [0, 0.05) is 12.7 Å². The number of ketones is 1. The molecule has 6 heteroatoms. The molecular formula is C15H18ClN3O2. The predicted octanol–water partition coefficient (Wildman–Crippen LogP) is 2.95. The van der Waals surface area contributed by atoms with Crippen molar-refractivity contribution in [3.05, 3.63) is 40.3 Å². The van der Waals surface area contributed by atoms with Crippen LogP contribution in [0.1, 0.15) is 35.6 Å². The average Bonchev–Trinajstić information content (AvgIpc) is 2.83. The summed E-state index contributed by atoms with van der Waals surface area (Å²) in [7, 11) is 1.50. The molecule has 2 rings (SSSR count). The maximum absolute atomic E-state index is 12.5. The van der Waals surface area contributed by atoms with E-state index in [9.17, 15) is 4.79 Å². The van der Waals surface area contributed by atoms with Crippen LogP contribution in [0.4, 0.5) is 0 Å². The third-order valence-corrected chi connectivity index (χ3v) is 3.72. The summed E-state index contributed by atoms with van der Waals surface area (Å²) in [5, 5.41) is 5.00. The van der Waals surface area contributed by atoms with Crippen LogP contribution in [0.5, 0.6) is 5.88 Å². The number of halogens is 1. The van der Waals surface area contributed by atoms with E-state index in [1.54, 1.807) is 23.0 Å². The van der Waals surface area contributed by atoms with E-state index in [1.807, 2.05) is 13.8 Å². The number of nitrogens with zero attached hydrogens (tertiary/aromatic N) is 3. The van der Waals surface area contributed by atoms with Crippen molar-refractivity contribution in [2.75, 3.05) is 7.11 Å². The maximum atomic E-state index is 12.5.